The summed E-state index contributed by atoms with van der Waals surface area (Å²) in [6.45, 7) is 1.20. The van der Waals surface area contributed by atoms with Crippen LogP contribution in [0.3, 0.4) is 0 Å². The molecular weight excluding hydrogens is 512 g/mol. The highest BCUT2D eigenvalue weighted by Gasteiger charge is 2.33. The Hall–Kier alpha value is -4.25. The van der Waals surface area contributed by atoms with Gasteiger partial charge >= 0.3 is 6.18 Å². The number of nitrogen functional groups attached to an aromatic ring is 1. The van der Waals surface area contributed by atoms with Gasteiger partial charge in [0.25, 0.3) is 5.91 Å². The highest BCUT2D eigenvalue weighted by atomic mass is 19.4. The lowest BCUT2D eigenvalue weighted by molar-refractivity contribution is -0.137. The maximum atomic E-state index is 14.9. The van der Waals surface area contributed by atoms with Crippen LogP contribution in [0.5, 0.6) is 0 Å². The van der Waals surface area contributed by atoms with E-state index in [2.05, 4.69) is 20.2 Å². The fourth-order valence-corrected chi connectivity index (χ4v) is 4.77. The van der Waals surface area contributed by atoms with Crippen molar-refractivity contribution in [3.05, 3.63) is 77.7 Å². The molecule has 0 spiro atoms. The van der Waals surface area contributed by atoms with Crippen LogP contribution in [0.1, 0.15) is 22.3 Å². The Morgan fingerprint density at radius 1 is 1.08 bits per heavy atom. The molecule has 0 aliphatic carbocycles. The fraction of sp³-hybridized carbons (Fsp3) is 0.250. The molecule has 2 heterocycles. The largest absolute Gasteiger partial charge is 0.416 e. The summed E-state index contributed by atoms with van der Waals surface area (Å²) in [7, 11) is 3.88. The predicted molar refractivity (Wildman–Crippen MR) is 143 cm³/mol. The summed E-state index contributed by atoms with van der Waals surface area (Å²) < 4.78 is 55.5. The van der Waals surface area contributed by atoms with Crippen LogP contribution in [0.4, 0.5) is 34.9 Å². The second-order valence-electron chi connectivity index (χ2n) is 9.73. The maximum Gasteiger partial charge on any atom is 0.416 e. The number of rotatable bonds is 5. The van der Waals surface area contributed by atoms with E-state index in [1.165, 1.54) is 18.2 Å². The number of carbonyl (C=O) groups excluding carboxylic acids is 1. The molecule has 5 rings (SSSR count). The highest BCUT2D eigenvalue weighted by Crippen LogP contribution is 2.37. The van der Waals surface area contributed by atoms with E-state index in [-0.39, 0.29) is 23.2 Å². The fourth-order valence-electron chi connectivity index (χ4n) is 4.77. The normalized spacial score (nSPS) is 15.8. The van der Waals surface area contributed by atoms with E-state index >= 15 is 0 Å². The smallest absolute Gasteiger partial charge is 0.368 e. The Bertz CT molecular complexity index is 1560. The van der Waals surface area contributed by atoms with Crippen molar-refractivity contribution < 1.29 is 22.4 Å². The molecule has 1 atom stereocenters. The number of nitrogens with two attached hydrogens (primary N) is 1. The second kappa shape index (κ2) is 10.1. The summed E-state index contributed by atoms with van der Waals surface area (Å²) in [5.41, 5.74) is 6.70. The van der Waals surface area contributed by atoms with Gasteiger partial charge in [0.2, 0.25) is 5.95 Å². The summed E-state index contributed by atoms with van der Waals surface area (Å²) >= 11 is 0. The zero-order valence-corrected chi connectivity index (χ0v) is 21.3. The first-order chi connectivity index (χ1) is 18.5. The lowest BCUT2D eigenvalue weighted by Crippen LogP contribution is -2.31. The van der Waals surface area contributed by atoms with Gasteiger partial charge in [0.05, 0.1) is 28.0 Å². The van der Waals surface area contributed by atoms with Gasteiger partial charge in [-0.1, -0.05) is 12.1 Å². The number of alkyl halides is 3. The first kappa shape index (κ1) is 26.4. The maximum absolute atomic E-state index is 14.9. The average Bonchev–Trinajstić information content (AvgIpc) is 3.39. The minimum absolute atomic E-state index is 0.0283. The van der Waals surface area contributed by atoms with Crippen LogP contribution in [0.15, 0.2) is 60.8 Å². The van der Waals surface area contributed by atoms with Gasteiger partial charge in [-0.15, -0.1) is 0 Å². The van der Waals surface area contributed by atoms with Crippen LogP contribution in [-0.4, -0.2) is 54.0 Å². The number of carbonyl (C=O) groups is 1. The van der Waals surface area contributed by atoms with Crippen LogP contribution < -0.4 is 16.0 Å². The van der Waals surface area contributed by atoms with Gasteiger partial charge in [-0.05, 0) is 74.1 Å². The van der Waals surface area contributed by atoms with Crippen molar-refractivity contribution in [3.8, 4) is 11.1 Å². The summed E-state index contributed by atoms with van der Waals surface area (Å²) in [4.78, 5) is 25.4. The lowest BCUT2D eigenvalue weighted by atomic mass is 10.0. The van der Waals surface area contributed by atoms with Crippen molar-refractivity contribution in [1.29, 1.82) is 0 Å². The molecule has 0 saturated carbocycles. The summed E-state index contributed by atoms with van der Waals surface area (Å²) in [5, 5.41) is 3.25. The first-order valence-corrected chi connectivity index (χ1v) is 12.3. The van der Waals surface area contributed by atoms with E-state index < -0.39 is 23.5 Å². The third-order valence-electron chi connectivity index (χ3n) is 6.95. The molecule has 1 fully saturated rings. The third kappa shape index (κ3) is 5.49. The van der Waals surface area contributed by atoms with Crippen LogP contribution in [0, 0.1) is 5.82 Å². The van der Waals surface area contributed by atoms with E-state index in [1.807, 2.05) is 19.0 Å². The molecule has 202 valence electrons. The van der Waals surface area contributed by atoms with E-state index in [9.17, 15) is 22.4 Å². The van der Waals surface area contributed by atoms with Gasteiger partial charge in [0, 0.05) is 30.7 Å². The number of fused-ring (bicyclic) bond motifs is 1. The number of nitrogens with zero attached hydrogens (tertiary/aromatic N) is 4. The third-order valence-corrected chi connectivity index (χ3v) is 6.95. The van der Waals surface area contributed by atoms with Crippen molar-refractivity contribution in [3.63, 3.8) is 0 Å². The van der Waals surface area contributed by atoms with Gasteiger partial charge in [-0.25, -0.2) is 14.4 Å². The molecule has 0 radical (unpaired) electrons. The number of nitrogens with one attached hydrogen (secondary N) is 1. The minimum atomic E-state index is -4.61. The molecule has 39 heavy (non-hydrogen) atoms. The summed E-state index contributed by atoms with van der Waals surface area (Å²) in [6.07, 6.45) is -2.22. The molecule has 7 nitrogen and oxygen atoms in total. The van der Waals surface area contributed by atoms with Gasteiger partial charge in [0.1, 0.15) is 5.82 Å². The molecule has 11 heteroatoms. The average molecular weight is 539 g/mol. The molecule has 3 N–H and O–H groups in total. The Morgan fingerprint density at radius 3 is 2.54 bits per heavy atom. The topological polar surface area (TPSA) is 87.4 Å². The molecular formula is C28H26F4N6O. The zero-order valence-electron chi connectivity index (χ0n) is 21.3. The first-order valence-electron chi connectivity index (χ1n) is 12.3. The molecule has 1 saturated heterocycles. The molecule has 0 bridgehead atoms. The SMILES string of the molecule is CN(C)[C@@H]1CCN(c2ccc(C(F)(F)F)cc2NC(=O)c2cc(-c3ccc4nc(N)ncc4c3)ccc2F)C1. The van der Waals surface area contributed by atoms with Crippen molar-refractivity contribution in [2.24, 2.45) is 0 Å². The van der Waals surface area contributed by atoms with E-state index in [0.29, 0.717) is 40.8 Å². The number of aromatic nitrogens is 2. The standard InChI is InChI=1S/C28H26F4N6O/c1-37(2)20-9-10-38(15-20)25-8-5-19(28(30,31)32)13-24(25)35-26(39)21-12-17(3-6-22(21)29)16-4-7-23-18(11-16)14-34-27(33)36-23/h3-8,11-14,20H,9-10,15H2,1-2H3,(H,35,39)(H2,33,34,36)/t20-/m1/s1. The number of hydrogen-bond donors (Lipinski definition) is 2. The molecule has 0 unspecified atom stereocenters. The predicted octanol–water partition coefficient (Wildman–Crippen LogP) is 5.43. The van der Waals surface area contributed by atoms with Crippen LogP contribution >= 0.6 is 0 Å². The number of hydrogen-bond acceptors (Lipinski definition) is 6. The van der Waals surface area contributed by atoms with Crippen molar-refractivity contribution in [1.82, 2.24) is 14.9 Å². The second-order valence-corrected chi connectivity index (χ2v) is 9.73. The van der Waals surface area contributed by atoms with Gasteiger partial charge in [-0.2, -0.15) is 13.2 Å². The summed E-state index contributed by atoms with van der Waals surface area (Å²) in [5.74, 6) is -1.51. The highest BCUT2D eigenvalue weighted by molar-refractivity contribution is 6.07. The molecule has 3 aromatic carbocycles. The molecule has 1 aromatic heterocycles. The van der Waals surface area contributed by atoms with Crippen molar-refractivity contribution in [2.75, 3.05) is 43.1 Å². The Morgan fingerprint density at radius 2 is 1.82 bits per heavy atom. The monoisotopic (exact) mass is 538 g/mol. The van der Waals surface area contributed by atoms with E-state index in [0.717, 1.165) is 24.6 Å². The van der Waals surface area contributed by atoms with E-state index in [1.54, 1.807) is 24.4 Å². The molecule has 4 aromatic rings. The Balaban J connectivity index is 1.48. The molecule has 1 aliphatic heterocycles. The van der Waals surface area contributed by atoms with Crippen LogP contribution in [0.2, 0.25) is 0 Å². The van der Waals surface area contributed by atoms with Gasteiger partial charge in [0.15, 0.2) is 0 Å². The minimum Gasteiger partial charge on any atom is -0.368 e. The number of benzene rings is 3. The number of likely N-dealkylation sites (N-methyl/N-ethyl adjacent to an activating group) is 1. The van der Waals surface area contributed by atoms with Crippen LogP contribution in [0.25, 0.3) is 22.0 Å². The Labute approximate surface area is 222 Å². The van der Waals surface area contributed by atoms with Gasteiger partial charge in [-0.3, -0.25) is 4.79 Å². The lowest BCUT2D eigenvalue weighted by Gasteiger charge is -2.25. The number of anilines is 3. The quantitative estimate of drug-likeness (QED) is 0.330. The molecule has 1 amide bonds. The van der Waals surface area contributed by atoms with E-state index in [4.69, 9.17) is 5.73 Å². The van der Waals surface area contributed by atoms with Crippen LogP contribution in [-0.2, 0) is 6.18 Å². The summed E-state index contributed by atoms with van der Waals surface area (Å²) in [6, 6.07) is 12.8. The van der Waals surface area contributed by atoms with Crippen molar-refractivity contribution in [2.45, 2.75) is 18.6 Å². The number of halogens is 4. The van der Waals surface area contributed by atoms with Gasteiger partial charge < -0.3 is 20.9 Å². The Kier molecular flexibility index (Phi) is 6.85. The van der Waals surface area contributed by atoms with Crippen molar-refractivity contribution >= 4 is 34.1 Å². The number of amides is 1. The zero-order chi connectivity index (χ0) is 27.9. The molecule has 1 aliphatic rings.